The summed E-state index contributed by atoms with van der Waals surface area (Å²) in [7, 11) is 1.36. The zero-order valence-corrected chi connectivity index (χ0v) is 18.3. The summed E-state index contributed by atoms with van der Waals surface area (Å²) in [5.41, 5.74) is 1.50. The number of carbonyl (C=O) groups excluding carboxylic acids is 2. The number of hydrogen-bond acceptors (Lipinski definition) is 6. The number of hydrogen-bond donors (Lipinski definition) is 1. The normalized spacial score (nSPS) is 13.6. The molecule has 0 bridgehead atoms. The average Bonchev–Trinajstić information content (AvgIpc) is 3.37. The lowest BCUT2D eigenvalue weighted by Gasteiger charge is -2.06. The number of nitrogens with one attached hydrogen (secondary N) is 1. The fourth-order valence-electron chi connectivity index (χ4n) is 3.48. The standard InChI is InChI=1S/C20H20BrN3O4S/c1-27-20(26)17-14-5-3-2-4-6-16(14)29-19(17)23-18(25)15-8-7-13(28-15)11-24-10-12(21)9-22-24/h7-10H,2-6,11H2,1H3,(H,23,25). The highest BCUT2D eigenvalue weighted by Crippen LogP contribution is 2.38. The lowest BCUT2D eigenvalue weighted by molar-refractivity contribution is 0.0601. The van der Waals surface area contributed by atoms with Crippen LogP contribution in [0.25, 0.3) is 0 Å². The van der Waals surface area contributed by atoms with Crippen molar-refractivity contribution >= 4 is 44.1 Å². The molecule has 0 spiro atoms. The number of aryl methyl sites for hydroxylation is 1. The van der Waals surface area contributed by atoms with E-state index in [2.05, 4.69) is 26.3 Å². The lowest BCUT2D eigenvalue weighted by atomic mass is 10.1. The van der Waals surface area contributed by atoms with Gasteiger partial charge in [0.25, 0.3) is 5.91 Å². The van der Waals surface area contributed by atoms with Crippen molar-refractivity contribution in [3.05, 3.63) is 56.5 Å². The molecular formula is C20H20BrN3O4S. The summed E-state index contributed by atoms with van der Waals surface area (Å²) in [6.07, 6.45) is 8.53. The van der Waals surface area contributed by atoms with Crippen LogP contribution in [0.1, 0.15) is 56.4 Å². The Morgan fingerprint density at radius 1 is 1.31 bits per heavy atom. The number of aromatic nitrogens is 2. The van der Waals surface area contributed by atoms with Gasteiger partial charge in [-0.15, -0.1) is 11.3 Å². The van der Waals surface area contributed by atoms with Gasteiger partial charge in [-0.05, 0) is 59.3 Å². The molecule has 0 fully saturated rings. The number of methoxy groups -OCH3 is 1. The molecule has 1 aliphatic carbocycles. The molecule has 3 heterocycles. The van der Waals surface area contributed by atoms with Crippen LogP contribution in [0.4, 0.5) is 5.00 Å². The van der Waals surface area contributed by atoms with Gasteiger partial charge in [0.1, 0.15) is 10.8 Å². The minimum absolute atomic E-state index is 0.186. The van der Waals surface area contributed by atoms with Gasteiger partial charge in [-0.25, -0.2) is 4.79 Å². The van der Waals surface area contributed by atoms with Crippen LogP contribution in [0.15, 0.2) is 33.4 Å². The number of halogens is 1. The lowest BCUT2D eigenvalue weighted by Crippen LogP contribution is -2.14. The SMILES string of the molecule is COC(=O)c1c(NC(=O)c2ccc(Cn3cc(Br)cn3)o2)sc2c1CCCCC2. The molecule has 29 heavy (non-hydrogen) atoms. The molecule has 152 valence electrons. The number of amides is 1. The minimum Gasteiger partial charge on any atom is -0.465 e. The molecule has 0 radical (unpaired) electrons. The molecule has 1 N–H and O–H groups in total. The van der Waals surface area contributed by atoms with E-state index < -0.39 is 5.97 Å². The molecule has 0 unspecified atom stereocenters. The number of ether oxygens (including phenoxy) is 1. The maximum Gasteiger partial charge on any atom is 0.341 e. The highest BCUT2D eigenvalue weighted by Gasteiger charge is 2.27. The van der Waals surface area contributed by atoms with Crippen molar-refractivity contribution in [3.8, 4) is 0 Å². The molecule has 3 aromatic rings. The Labute approximate surface area is 180 Å². The van der Waals surface area contributed by atoms with E-state index in [0.29, 0.717) is 22.9 Å². The highest BCUT2D eigenvalue weighted by atomic mass is 79.9. The molecule has 0 atom stereocenters. The first-order valence-corrected chi connectivity index (χ1v) is 11.0. The molecule has 1 amide bonds. The van der Waals surface area contributed by atoms with Gasteiger partial charge in [0, 0.05) is 11.1 Å². The zero-order chi connectivity index (χ0) is 20.4. The second-order valence-electron chi connectivity index (χ2n) is 6.84. The Bertz CT molecular complexity index is 1050. The Kier molecular flexibility index (Phi) is 5.86. The quantitative estimate of drug-likeness (QED) is 0.426. The van der Waals surface area contributed by atoms with Gasteiger partial charge in [0.05, 0.1) is 29.9 Å². The van der Waals surface area contributed by atoms with Crippen LogP contribution in [0.5, 0.6) is 0 Å². The predicted molar refractivity (Wildman–Crippen MR) is 113 cm³/mol. The third-order valence-electron chi connectivity index (χ3n) is 4.84. The smallest absolute Gasteiger partial charge is 0.341 e. The van der Waals surface area contributed by atoms with Crippen LogP contribution in [-0.2, 0) is 24.1 Å². The zero-order valence-electron chi connectivity index (χ0n) is 15.9. The molecule has 0 saturated heterocycles. The van der Waals surface area contributed by atoms with E-state index in [-0.39, 0.29) is 11.7 Å². The second kappa shape index (κ2) is 8.54. The monoisotopic (exact) mass is 477 g/mol. The average molecular weight is 478 g/mol. The first-order valence-electron chi connectivity index (χ1n) is 9.36. The Hall–Kier alpha value is -2.39. The van der Waals surface area contributed by atoms with E-state index in [1.807, 2.05) is 6.20 Å². The van der Waals surface area contributed by atoms with Gasteiger partial charge in [-0.2, -0.15) is 5.10 Å². The molecule has 0 aliphatic heterocycles. The molecule has 1 aliphatic rings. The summed E-state index contributed by atoms with van der Waals surface area (Å²) >= 11 is 4.81. The van der Waals surface area contributed by atoms with Crippen molar-refractivity contribution in [3.63, 3.8) is 0 Å². The molecule has 9 heteroatoms. The maximum absolute atomic E-state index is 12.7. The molecule has 0 aromatic carbocycles. The summed E-state index contributed by atoms with van der Waals surface area (Å²) < 4.78 is 13.2. The largest absolute Gasteiger partial charge is 0.465 e. The summed E-state index contributed by atoms with van der Waals surface area (Å²) in [5, 5.41) is 7.56. The molecular weight excluding hydrogens is 458 g/mol. The van der Waals surface area contributed by atoms with Crippen molar-refractivity contribution in [1.29, 1.82) is 0 Å². The van der Waals surface area contributed by atoms with E-state index >= 15 is 0 Å². The number of rotatable bonds is 5. The van der Waals surface area contributed by atoms with Crippen molar-refractivity contribution < 1.29 is 18.7 Å². The minimum atomic E-state index is -0.413. The van der Waals surface area contributed by atoms with Crippen LogP contribution in [0.2, 0.25) is 0 Å². The number of nitrogens with zero attached hydrogens (tertiary/aromatic N) is 2. The number of thiophene rings is 1. The number of furan rings is 1. The van der Waals surface area contributed by atoms with Crippen LogP contribution in [0.3, 0.4) is 0 Å². The summed E-state index contributed by atoms with van der Waals surface area (Å²) in [6, 6.07) is 3.37. The topological polar surface area (TPSA) is 86.4 Å². The fraction of sp³-hybridized carbons (Fsp3) is 0.350. The van der Waals surface area contributed by atoms with E-state index in [1.165, 1.54) is 18.4 Å². The summed E-state index contributed by atoms with van der Waals surface area (Å²) in [4.78, 5) is 26.3. The van der Waals surface area contributed by atoms with Gasteiger partial charge in [-0.3, -0.25) is 9.48 Å². The number of fused-ring (bicyclic) bond motifs is 1. The summed E-state index contributed by atoms with van der Waals surface area (Å²) in [5.74, 6) is -0.00455. The van der Waals surface area contributed by atoms with Crippen molar-refractivity contribution in [2.75, 3.05) is 12.4 Å². The Morgan fingerprint density at radius 3 is 2.90 bits per heavy atom. The van der Waals surface area contributed by atoms with E-state index in [4.69, 9.17) is 9.15 Å². The second-order valence-corrected chi connectivity index (χ2v) is 8.86. The van der Waals surface area contributed by atoms with Crippen molar-refractivity contribution in [1.82, 2.24) is 9.78 Å². The highest BCUT2D eigenvalue weighted by molar-refractivity contribution is 9.10. The van der Waals surface area contributed by atoms with Gasteiger partial charge in [-0.1, -0.05) is 6.42 Å². The van der Waals surface area contributed by atoms with Crippen LogP contribution in [0, 0.1) is 0 Å². The summed E-state index contributed by atoms with van der Waals surface area (Å²) in [6.45, 7) is 0.416. The first kappa shape index (κ1) is 19.9. The third kappa shape index (κ3) is 4.30. The molecule has 0 saturated carbocycles. The number of esters is 1. The van der Waals surface area contributed by atoms with E-state index in [0.717, 1.165) is 47.0 Å². The van der Waals surface area contributed by atoms with Gasteiger partial charge < -0.3 is 14.5 Å². The van der Waals surface area contributed by atoms with Gasteiger partial charge >= 0.3 is 5.97 Å². The molecule has 4 rings (SSSR count). The number of anilines is 1. The van der Waals surface area contributed by atoms with Gasteiger partial charge in [0.2, 0.25) is 0 Å². The Balaban J connectivity index is 1.54. The van der Waals surface area contributed by atoms with E-state index in [1.54, 1.807) is 23.0 Å². The van der Waals surface area contributed by atoms with Gasteiger partial charge in [0.15, 0.2) is 5.76 Å². The Morgan fingerprint density at radius 2 is 2.14 bits per heavy atom. The van der Waals surface area contributed by atoms with Crippen molar-refractivity contribution in [2.24, 2.45) is 0 Å². The van der Waals surface area contributed by atoms with Crippen LogP contribution >= 0.6 is 27.3 Å². The predicted octanol–water partition coefficient (Wildman–Crippen LogP) is 4.66. The maximum atomic E-state index is 12.7. The molecule has 7 nitrogen and oxygen atoms in total. The first-order chi connectivity index (χ1) is 14.0. The van der Waals surface area contributed by atoms with Crippen LogP contribution < -0.4 is 5.32 Å². The third-order valence-corrected chi connectivity index (χ3v) is 6.46. The van der Waals surface area contributed by atoms with Crippen molar-refractivity contribution in [2.45, 2.75) is 38.6 Å². The molecule has 3 aromatic heterocycles. The van der Waals surface area contributed by atoms with Crippen LogP contribution in [-0.4, -0.2) is 28.8 Å². The van der Waals surface area contributed by atoms with E-state index in [9.17, 15) is 9.59 Å². The fourth-order valence-corrected chi connectivity index (χ4v) is 5.08. The number of carbonyl (C=O) groups is 2.